The Bertz CT molecular complexity index is 589. The van der Waals surface area contributed by atoms with Gasteiger partial charge in [0.05, 0.1) is 5.60 Å². The molecular formula is C21H39IN4O2S. The number of guanidine groups is 1. The van der Waals surface area contributed by atoms with Crippen LogP contribution in [0.3, 0.4) is 0 Å². The minimum Gasteiger partial charge on any atom is -0.378 e. The van der Waals surface area contributed by atoms with Crippen molar-refractivity contribution in [1.29, 1.82) is 0 Å². The van der Waals surface area contributed by atoms with Crippen molar-refractivity contribution in [2.45, 2.75) is 70.6 Å². The van der Waals surface area contributed by atoms with Gasteiger partial charge in [0.1, 0.15) is 0 Å². The summed E-state index contributed by atoms with van der Waals surface area (Å²) in [6.07, 6.45) is 5.00. The molecule has 0 bridgehead atoms. The second-order valence-corrected chi connectivity index (χ2v) is 10.5. The highest BCUT2D eigenvalue weighted by Gasteiger charge is 2.58. The number of nitrogens with zero attached hydrogens (tertiary/aromatic N) is 2. The molecule has 1 heterocycles. The molecule has 1 aliphatic heterocycles. The molecule has 6 nitrogen and oxygen atoms in total. The molecule has 2 unspecified atom stereocenters. The number of ether oxygens (including phenoxy) is 1. The van der Waals surface area contributed by atoms with Gasteiger partial charge in [-0.1, -0.05) is 13.8 Å². The van der Waals surface area contributed by atoms with Gasteiger partial charge in [0.25, 0.3) is 0 Å². The van der Waals surface area contributed by atoms with Gasteiger partial charge in [-0.3, -0.25) is 9.79 Å². The van der Waals surface area contributed by atoms with Gasteiger partial charge in [0, 0.05) is 62.2 Å². The molecule has 1 amide bonds. The molecule has 2 atom stereocenters. The van der Waals surface area contributed by atoms with E-state index in [0.717, 1.165) is 62.7 Å². The van der Waals surface area contributed by atoms with Gasteiger partial charge >= 0.3 is 0 Å². The third-order valence-corrected chi connectivity index (χ3v) is 8.50. The first kappa shape index (κ1) is 25.0. The molecule has 3 rings (SSSR count). The van der Waals surface area contributed by atoms with Gasteiger partial charge in [-0.25, -0.2) is 0 Å². The molecule has 2 saturated carbocycles. The molecule has 0 aromatic carbocycles. The molecule has 8 heteroatoms. The minimum absolute atomic E-state index is 0. The van der Waals surface area contributed by atoms with Crippen molar-refractivity contribution in [2.24, 2.45) is 16.3 Å². The summed E-state index contributed by atoms with van der Waals surface area (Å²) < 4.78 is 5.73. The maximum Gasteiger partial charge on any atom is 0.225 e. The van der Waals surface area contributed by atoms with Crippen molar-refractivity contribution in [1.82, 2.24) is 15.5 Å². The fourth-order valence-corrected chi connectivity index (χ4v) is 5.68. The van der Waals surface area contributed by atoms with Crippen LogP contribution in [0, 0.1) is 11.3 Å². The molecule has 0 aromatic rings. The second-order valence-electron chi connectivity index (χ2n) is 9.26. The van der Waals surface area contributed by atoms with E-state index in [0.29, 0.717) is 18.0 Å². The standard InChI is InChI=1S/C21H38N4O2S.HI/c1-20(2)17(14-21(20,3)27-5)24-19(22-4)23-16-8-6-15(7-9-16)18(26)25-10-12-28-13-11-25;/h15-17H,6-14H2,1-5H3,(H2,22,23,24);1H. The molecular weight excluding hydrogens is 499 g/mol. The molecule has 0 spiro atoms. The summed E-state index contributed by atoms with van der Waals surface area (Å²) in [6, 6.07) is 0.739. The lowest BCUT2D eigenvalue weighted by atomic mass is 9.56. The van der Waals surface area contributed by atoms with E-state index in [4.69, 9.17) is 4.74 Å². The van der Waals surface area contributed by atoms with E-state index in [9.17, 15) is 4.79 Å². The number of rotatable bonds is 4. The van der Waals surface area contributed by atoms with Crippen LogP contribution in [0.1, 0.15) is 52.9 Å². The highest BCUT2D eigenvalue weighted by atomic mass is 127. The zero-order chi connectivity index (χ0) is 20.4. The van der Waals surface area contributed by atoms with E-state index in [-0.39, 0.29) is 40.9 Å². The number of nitrogens with one attached hydrogen (secondary N) is 2. The fraction of sp³-hybridized carbons (Fsp3) is 0.905. The van der Waals surface area contributed by atoms with Crippen molar-refractivity contribution in [3.8, 4) is 0 Å². The third-order valence-electron chi connectivity index (χ3n) is 7.55. The number of halogens is 1. The van der Waals surface area contributed by atoms with Crippen LogP contribution in [0.2, 0.25) is 0 Å². The Morgan fingerprint density at radius 2 is 1.72 bits per heavy atom. The van der Waals surface area contributed by atoms with Crippen LogP contribution < -0.4 is 10.6 Å². The smallest absolute Gasteiger partial charge is 0.225 e. The van der Waals surface area contributed by atoms with Crippen LogP contribution in [0.5, 0.6) is 0 Å². The molecule has 168 valence electrons. The van der Waals surface area contributed by atoms with Gasteiger partial charge < -0.3 is 20.3 Å². The Kier molecular flexibility index (Phi) is 8.98. The van der Waals surface area contributed by atoms with Crippen LogP contribution in [0.15, 0.2) is 4.99 Å². The van der Waals surface area contributed by atoms with E-state index in [2.05, 4.69) is 41.3 Å². The average molecular weight is 539 g/mol. The van der Waals surface area contributed by atoms with Gasteiger partial charge in [-0.15, -0.1) is 24.0 Å². The summed E-state index contributed by atoms with van der Waals surface area (Å²) in [4.78, 5) is 19.3. The Morgan fingerprint density at radius 3 is 2.24 bits per heavy atom. The molecule has 2 N–H and O–H groups in total. The van der Waals surface area contributed by atoms with E-state index >= 15 is 0 Å². The summed E-state index contributed by atoms with van der Waals surface area (Å²) >= 11 is 1.95. The van der Waals surface area contributed by atoms with E-state index in [1.54, 1.807) is 7.11 Å². The molecule has 0 aromatic heterocycles. The van der Waals surface area contributed by atoms with Crippen LogP contribution in [0.4, 0.5) is 0 Å². The predicted molar refractivity (Wildman–Crippen MR) is 132 cm³/mol. The quantitative estimate of drug-likeness (QED) is 0.327. The zero-order valence-corrected chi connectivity index (χ0v) is 21.8. The number of hydrogen-bond acceptors (Lipinski definition) is 4. The molecule has 29 heavy (non-hydrogen) atoms. The highest BCUT2D eigenvalue weighted by molar-refractivity contribution is 14.0. The normalized spacial score (nSPS) is 34.6. The minimum atomic E-state index is -0.0884. The maximum absolute atomic E-state index is 12.7. The molecule has 2 aliphatic carbocycles. The van der Waals surface area contributed by atoms with E-state index < -0.39 is 0 Å². The highest BCUT2D eigenvalue weighted by Crippen LogP contribution is 2.51. The summed E-state index contributed by atoms with van der Waals surface area (Å²) in [5.74, 6) is 3.65. The maximum atomic E-state index is 12.7. The molecule has 0 radical (unpaired) electrons. The van der Waals surface area contributed by atoms with Crippen molar-refractivity contribution in [3.05, 3.63) is 0 Å². The molecule has 1 saturated heterocycles. The Hall–Kier alpha value is -0.220. The lowest BCUT2D eigenvalue weighted by Crippen LogP contribution is -2.69. The molecule has 3 fully saturated rings. The lowest BCUT2D eigenvalue weighted by Gasteiger charge is -2.59. The Morgan fingerprint density at radius 1 is 1.10 bits per heavy atom. The number of hydrogen-bond donors (Lipinski definition) is 2. The van der Waals surface area contributed by atoms with Gasteiger partial charge in [0.2, 0.25) is 5.91 Å². The summed E-state index contributed by atoms with van der Waals surface area (Å²) in [5.41, 5.74) is -0.0366. The number of thioether (sulfide) groups is 1. The number of aliphatic imine (C=N–C) groups is 1. The number of amides is 1. The predicted octanol–water partition coefficient (Wildman–Crippen LogP) is 3.11. The van der Waals surface area contributed by atoms with Crippen molar-refractivity contribution in [2.75, 3.05) is 38.8 Å². The van der Waals surface area contributed by atoms with Gasteiger partial charge in [-0.05, 0) is 39.0 Å². The summed E-state index contributed by atoms with van der Waals surface area (Å²) in [5, 5.41) is 7.19. The SMILES string of the molecule is CN=C(NC1CCC(C(=O)N2CCSCC2)CC1)NC1CC(C)(OC)C1(C)C.I. The van der Waals surface area contributed by atoms with E-state index in [1.807, 2.05) is 18.8 Å². The molecule has 3 aliphatic rings. The largest absolute Gasteiger partial charge is 0.378 e. The van der Waals surface area contributed by atoms with Gasteiger partial charge in [0.15, 0.2) is 5.96 Å². The second kappa shape index (κ2) is 10.4. The van der Waals surface area contributed by atoms with Crippen LogP contribution in [-0.2, 0) is 9.53 Å². The van der Waals surface area contributed by atoms with Crippen molar-refractivity contribution < 1.29 is 9.53 Å². The first-order valence-corrected chi connectivity index (χ1v) is 11.9. The average Bonchev–Trinajstić information content (AvgIpc) is 2.73. The first-order valence-electron chi connectivity index (χ1n) is 10.7. The summed E-state index contributed by atoms with van der Waals surface area (Å²) in [7, 11) is 3.63. The van der Waals surface area contributed by atoms with Crippen LogP contribution in [0.25, 0.3) is 0 Å². The van der Waals surface area contributed by atoms with Crippen LogP contribution >= 0.6 is 35.7 Å². The number of methoxy groups -OCH3 is 1. The Balaban J connectivity index is 0.00000300. The van der Waals surface area contributed by atoms with Gasteiger partial charge in [-0.2, -0.15) is 11.8 Å². The zero-order valence-electron chi connectivity index (χ0n) is 18.6. The van der Waals surface area contributed by atoms with Crippen LogP contribution in [-0.4, -0.2) is 73.2 Å². The monoisotopic (exact) mass is 538 g/mol. The Labute approximate surface area is 197 Å². The van der Waals surface area contributed by atoms with Crippen molar-refractivity contribution >= 4 is 47.6 Å². The fourth-order valence-electron chi connectivity index (χ4n) is 4.78. The lowest BCUT2D eigenvalue weighted by molar-refractivity contribution is -0.176. The topological polar surface area (TPSA) is 66.0 Å². The first-order chi connectivity index (χ1) is 13.3. The third kappa shape index (κ3) is 5.34. The van der Waals surface area contributed by atoms with E-state index in [1.165, 1.54) is 0 Å². The number of carbonyl (C=O) groups excluding carboxylic acids is 1. The number of carbonyl (C=O) groups is 1. The summed E-state index contributed by atoms with van der Waals surface area (Å²) in [6.45, 7) is 8.54. The van der Waals surface area contributed by atoms with Crippen molar-refractivity contribution in [3.63, 3.8) is 0 Å².